The number of para-hydroxylation sites is 2. The molecule has 0 saturated carbocycles. The van der Waals surface area contributed by atoms with E-state index in [2.05, 4.69) is 35.9 Å². The Morgan fingerprint density at radius 1 is 0.800 bits per heavy atom. The van der Waals surface area contributed by atoms with E-state index in [4.69, 9.17) is 0 Å². The maximum Gasteiger partial charge on any atom is 0.263 e. The predicted molar refractivity (Wildman–Crippen MR) is 123 cm³/mol. The van der Waals surface area contributed by atoms with Gasteiger partial charge in [-0.15, -0.1) is 0 Å². The van der Waals surface area contributed by atoms with E-state index in [0.717, 1.165) is 10.0 Å². The summed E-state index contributed by atoms with van der Waals surface area (Å²) in [6, 6.07) is 23.5. The van der Waals surface area contributed by atoms with Crippen LogP contribution in [0.5, 0.6) is 0 Å². The van der Waals surface area contributed by atoms with Crippen molar-refractivity contribution in [3.05, 3.63) is 88.9 Å². The van der Waals surface area contributed by atoms with Gasteiger partial charge in [-0.1, -0.05) is 58.4 Å². The number of hydrogen-bond donors (Lipinski definition) is 2. The van der Waals surface area contributed by atoms with Crippen LogP contribution in [0.1, 0.15) is 18.5 Å². The zero-order valence-corrected chi connectivity index (χ0v) is 18.5. The van der Waals surface area contributed by atoms with Crippen LogP contribution in [0.3, 0.4) is 0 Å². The van der Waals surface area contributed by atoms with Crippen LogP contribution in [-0.4, -0.2) is 18.4 Å². The summed E-state index contributed by atoms with van der Waals surface area (Å²) in [6.07, 6.45) is 0. The van der Waals surface area contributed by atoms with Crippen molar-refractivity contribution in [2.24, 2.45) is 0 Å². The lowest BCUT2D eigenvalue weighted by atomic mass is 10.1. The van der Waals surface area contributed by atoms with E-state index in [9.17, 15) is 8.42 Å². The largest absolute Gasteiger partial charge is 0.360 e. The molecule has 6 nitrogen and oxygen atoms in total. The van der Waals surface area contributed by atoms with Gasteiger partial charge in [0.15, 0.2) is 11.6 Å². The third-order valence-corrected chi connectivity index (χ3v) is 6.46. The number of nitrogens with one attached hydrogen (secondary N) is 2. The lowest BCUT2D eigenvalue weighted by Crippen LogP contribution is -2.17. The molecular weight excluding hydrogens is 464 g/mol. The highest BCUT2D eigenvalue weighted by Gasteiger charge is 2.20. The van der Waals surface area contributed by atoms with E-state index >= 15 is 0 Å². The molecule has 0 bridgehead atoms. The molecule has 152 valence electrons. The molecule has 8 heteroatoms. The Hall–Kier alpha value is -2.97. The number of aromatic nitrogens is 2. The maximum atomic E-state index is 12.9. The van der Waals surface area contributed by atoms with Crippen molar-refractivity contribution in [2.75, 3.05) is 10.0 Å². The lowest BCUT2D eigenvalue weighted by molar-refractivity contribution is 0.601. The summed E-state index contributed by atoms with van der Waals surface area (Å²) in [5.74, 6) is 0.519. The first kappa shape index (κ1) is 20.3. The SMILES string of the molecule is C[C@H](Nc1nc2ccccc2nc1NS(=O)(=O)c1ccc(Br)cc1)c1ccccc1. The van der Waals surface area contributed by atoms with Crippen molar-refractivity contribution in [1.82, 2.24) is 9.97 Å². The number of nitrogens with zero attached hydrogens (tertiary/aromatic N) is 2. The topological polar surface area (TPSA) is 84.0 Å². The highest BCUT2D eigenvalue weighted by Crippen LogP contribution is 2.28. The standard InChI is InChI=1S/C22H19BrN4O2S/c1-15(16-7-3-2-4-8-16)24-21-22(26-20-10-6-5-9-19(20)25-21)27-30(28,29)18-13-11-17(23)12-14-18/h2-15H,1H3,(H,24,25)(H,26,27)/t15-/m0/s1. The summed E-state index contributed by atoms with van der Waals surface area (Å²) in [7, 11) is -3.83. The monoisotopic (exact) mass is 482 g/mol. The normalized spacial score (nSPS) is 12.5. The van der Waals surface area contributed by atoms with Crippen molar-refractivity contribution in [3.63, 3.8) is 0 Å². The fourth-order valence-electron chi connectivity index (χ4n) is 3.00. The lowest BCUT2D eigenvalue weighted by Gasteiger charge is -2.18. The molecule has 0 spiro atoms. The number of halogens is 1. The Bertz CT molecular complexity index is 1280. The van der Waals surface area contributed by atoms with Gasteiger partial charge in [-0.3, -0.25) is 4.72 Å². The van der Waals surface area contributed by atoms with Crippen molar-refractivity contribution in [1.29, 1.82) is 0 Å². The second kappa shape index (κ2) is 8.41. The minimum absolute atomic E-state index is 0.0994. The zero-order valence-electron chi connectivity index (χ0n) is 16.1. The van der Waals surface area contributed by atoms with Crippen LogP contribution in [0, 0.1) is 0 Å². The quantitative estimate of drug-likeness (QED) is 0.386. The van der Waals surface area contributed by atoms with Gasteiger partial charge in [-0.2, -0.15) is 0 Å². The van der Waals surface area contributed by atoms with Crippen LogP contribution in [0.25, 0.3) is 11.0 Å². The average molecular weight is 483 g/mol. The van der Waals surface area contributed by atoms with Gasteiger partial charge in [0.1, 0.15) is 0 Å². The van der Waals surface area contributed by atoms with Crippen molar-refractivity contribution < 1.29 is 8.42 Å². The van der Waals surface area contributed by atoms with Crippen molar-refractivity contribution in [2.45, 2.75) is 17.9 Å². The Morgan fingerprint density at radius 3 is 2.00 bits per heavy atom. The molecule has 0 saturated heterocycles. The molecule has 4 rings (SSSR count). The zero-order chi connectivity index (χ0) is 21.1. The molecule has 0 fully saturated rings. The van der Waals surface area contributed by atoms with E-state index in [1.807, 2.05) is 55.5 Å². The first-order chi connectivity index (χ1) is 14.4. The van der Waals surface area contributed by atoms with Gasteiger partial charge in [-0.05, 0) is 48.9 Å². The van der Waals surface area contributed by atoms with Crippen LogP contribution >= 0.6 is 15.9 Å². The van der Waals surface area contributed by atoms with Gasteiger partial charge < -0.3 is 5.32 Å². The first-order valence-electron chi connectivity index (χ1n) is 9.29. The average Bonchev–Trinajstić information content (AvgIpc) is 2.75. The van der Waals surface area contributed by atoms with E-state index in [1.165, 1.54) is 12.1 Å². The van der Waals surface area contributed by atoms with Gasteiger partial charge in [0.05, 0.1) is 22.0 Å². The molecule has 30 heavy (non-hydrogen) atoms. The van der Waals surface area contributed by atoms with Gasteiger partial charge >= 0.3 is 0 Å². The molecule has 0 aliphatic rings. The van der Waals surface area contributed by atoms with Crippen LogP contribution in [0.2, 0.25) is 0 Å². The summed E-state index contributed by atoms with van der Waals surface area (Å²) in [6.45, 7) is 1.99. The Morgan fingerprint density at radius 2 is 1.37 bits per heavy atom. The first-order valence-corrected chi connectivity index (χ1v) is 11.6. The third-order valence-electron chi connectivity index (χ3n) is 4.58. The molecule has 4 aromatic rings. The molecular formula is C22H19BrN4O2S. The van der Waals surface area contributed by atoms with Crippen LogP contribution in [-0.2, 0) is 10.0 Å². The third kappa shape index (κ3) is 4.44. The molecule has 1 aromatic heterocycles. The van der Waals surface area contributed by atoms with Crippen molar-refractivity contribution >= 4 is 48.6 Å². The molecule has 2 N–H and O–H groups in total. The fourth-order valence-corrected chi connectivity index (χ4v) is 4.28. The molecule has 1 atom stereocenters. The smallest absolute Gasteiger partial charge is 0.263 e. The van der Waals surface area contributed by atoms with E-state index in [0.29, 0.717) is 16.9 Å². The Balaban J connectivity index is 1.73. The molecule has 1 heterocycles. The summed E-state index contributed by atoms with van der Waals surface area (Å²) in [4.78, 5) is 9.29. The van der Waals surface area contributed by atoms with E-state index in [1.54, 1.807) is 18.2 Å². The summed E-state index contributed by atoms with van der Waals surface area (Å²) in [5.41, 5.74) is 2.32. The van der Waals surface area contributed by atoms with Crippen LogP contribution < -0.4 is 10.0 Å². The Kier molecular flexibility index (Phi) is 5.69. The Labute approximate surface area is 183 Å². The predicted octanol–water partition coefficient (Wildman–Crippen LogP) is 5.37. The second-order valence-electron chi connectivity index (χ2n) is 6.75. The van der Waals surface area contributed by atoms with Crippen LogP contribution in [0.15, 0.2) is 88.2 Å². The molecule has 0 unspecified atom stereocenters. The second-order valence-corrected chi connectivity index (χ2v) is 9.34. The minimum atomic E-state index is -3.83. The van der Waals surface area contributed by atoms with Gasteiger partial charge in [0.2, 0.25) is 0 Å². The van der Waals surface area contributed by atoms with Gasteiger partial charge in [0.25, 0.3) is 10.0 Å². The summed E-state index contributed by atoms with van der Waals surface area (Å²) < 4.78 is 29.3. The molecule has 0 aliphatic heterocycles. The van der Waals surface area contributed by atoms with Crippen molar-refractivity contribution in [3.8, 4) is 0 Å². The minimum Gasteiger partial charge on any atom is -0.360 e. The number of fused-ring (bicyclic) bond motifs is 1. The van der Waals surface area contributed by atoms with E-state index < -0.39 is 10.0 Å². The highest BCUT2D eigenvalue weighted by atomic mass is 79.9. The maximum absolute atomic E-state index is 12.9. The van der Waals surface area contributed by atoms with Crippen LogP contribution in [0.4, 0.5) is 11.6 Å². The summed E-state index contributed by atoms with van der Waals surface area (Å²) in [5, 5.41) is 3.29. The van der Waals surface area contributed by atoms with Gasteiger partial charge in [-0.25, -0.2) is 18.4 Å². The fraction of sp³-hybridized carbons (Fsp3) is 0.0909. The number of hydrogen-bond acceptors (Lipinski definition) is 5. The summed E-state index contributed by atoms with van der Waals surface area (Å²) >= 11 is 3.32. The molecule has 0 amide bonds. The van der Waals surface area contributed by atoms with E-state index in [-0.39, 0.29) is 16.8 Å². The molecule has 3 aromatic carbocycles. The van der Waals surface area contributed by atoms with Gasteiger partial charge in [0, 0.05) is 4.47 Å². The number of anilines is 2. The number of benzene rings is 3. The highest BCUT2D eigenvalue weighted by molar-refractivity contribution is 9.10. The molecule has 0 aliphatic carbocycles. The number of sulfonamides is 1. The number of rotatable bonds is 6. The molecule has 0 radical (unpaired) electrons.